The molecule has 0 saturated heterocycles. The van der Waals surface area contributed by atoms with Gasteiger partial charge in [0.2, 0.25) is 10.0 Å². The van der Waals surface area contributed by atoms with Crippen molar-refractivity contribution in [2.75, 3.05) is 7.11 Å². The van der Waals surface area contributed by atoms with Crippen molar-refractivity contribution < 1.29 is 13.2 Å². The summed E-state index contributed by atoms with van der Waals surface area (Å²) in [5.41, 5.74) is 0.270. The van der Waals surface area contributed by atoms with E-state index in [0.29, 0.717) is 0 Å². The Morgan fingerprint density at radius 2 is 2.00 bits per heavy atom. The van der Waals surface area contributed by atoms with Gasteiger partial charge < -0.3 is 4.74 Å². The van der Waals surface area contributed by atoms with Gasteiger partial charge in [0.1, 0.15) is 5.25 Å². The van der Waals surface area contributed by atoms with Gasteiger partial charge in [-0.3, -0.25) is 0 Å². The first kappa shape index (κ1) is 14.8. The van der Waals surface area contributed by atoms with E-state index in [1.165, 1.54) is 32.1 Å². The molecule has 0 aromatic carbocycles. The minimum atomic E-state index is -3.26. The van der Waals surface area contributed by atoms with Crippen LogP contribution in [-0.2, 0) is 14.8 Å². The van der Waals surface area contributed by atoms with E-state index < -0.39 is 10.0 Å². The van der Waals surface area contributed by atoms with E-state index in [1.807, 2.05) is 0 Å². The standard InChI is InChI=1S/C15H27NO3S/c1-11(15-9-4-3-6-12(15)10-15)16-20(17,18)14-8-5-7-13(14)19-2/h11-14,16H,3-10H2,1-2H3. The second-order valence-electron chi connectivity index (χ2n) is 7.01. The molecule has 20 heavy (non-hydrogen) atoms. The van der Waals surface area contributed by atoms with Crippen molar-refractivity contribution >= 4 is 10.0 Å². The lowest BCUT2D eigenvalue weighted by molar-refractivity contribution is 0.110. The first-order valence-electron chi connectivity index (χ1n) is 8.03. The minimum Gasteiger partial charge on any atom is -0.380 e. The summed E-state index contributed by atoms with van der Waals surface area (Å²) in [4.78, 5) is 0. The molecule has 0 bridgehead atoms. The van der Waals surface area contributed by atoms with E-state index in [2.05, 4.69) is 11.6 Å². The molecule has 3 saturated carbocycles. The monoisotopic (exact) mass is 301 g/mol. The normalized spacial score (nSPS) is 42.2. The first-order valence-corrected chi connectivity index (χ1v) is 9.58. The van der Waals surface area contributed by atoms with Gasteiger partial charge in [-0.2, -0.15) is 0 Å². The average Bonchev–Trinajstić information content (AvgIpc) is 2.97. The summed E-state index contributed by atoms with van der Waals surface area (Å²) in [6, 6.07) is 0.0795. The Bertz CT molecular complexity index is 464. The zero-order valence-corrected chi connectivity index (χ0v) is 13.4. The summed E-state index contributed by atoms with van der Waals surface area (Å²) in [5, 5.41) is -0.354. The highest BCUT2D eigenvalue weighted by molar-refractivity contribution is 7.90. The highest BCUT2D eigenvalue weighted by Gasteiger charge is 2.58. The molecule has 5 heteroatoms. The molecule has 0 aromatic rings. The first-order chi connectivity index (χ1) is 9.49. The molecule has 3 aliphatic carbocycles. The van der Waals surface area contributed by atoms with Crippen molar-refractivity contribution in [3.8, 4) is 0 Å². The molecule has 5 atom stereocenters. The Balaban J connectivity index is 1.67. The molecule has 0 amide bonds. The lowest BCUT2D eigenvalue weighted by Gasteiger charge is -2.30. The fraction of sp³-hybridized carbons (Fsp3) is 1.00. The van der Waals surface area contributed by atoms with Gasteiger partial charge in [0.05, 0.1) is 6.10 Å². The van der Waals surface area contributed by atoms with Gasteiger partial charge in [-0.15, -0.1) is 0 Å². The maximum atomic E-state index is 12.6. The summed E-state index contributed by atoms with van der Waals surface area (Å²) in [7, 11) is -1.63. The van der Waals surface area contributed by atoms with Crippen molar-refractivity contribution in [1.82, 2.24) is 4.72 Å². The number of rotatable bonds is 5. The van der Waals surface area contributed by atoms with Gasteiger partial charge >= 0.3 is 0 Å². The number of nitrogens with one attached hydrogen (secondary N) is 1. The lowest BCUT2D eigenvalue weighted by Crippen LogP contribution is -2.47. The van der Waals surface area contributed by atoms with Crippen LogP contribution in [0, 0.1) is 11.3 Å². The quantitative estimate of drug-likeness (QED) is 0.848. The molecule has 1 N–H and O–H groups in total. The number of ether oxygens (including phenoxy) is 1. The maximum absolute atomic E-state index is 12.6. The summed E-state index contributed by atoms with van der Waals surface area (Å²) >= 11 is 0. The van der Waals surface area contributed by atoms with E-state index in [4.69, 9.17) is 4.74 Å². The lowest BCUT2D eigenvalue weighted by atomic mass is 9.84. The molecule has 4 nitrogen and oxygen atoms in total. The van der Waals surface area contributed by atoms with Crippen LogP contribution in [0.2, 0.25) is 0 Å². The van der Waals surface area contributed by atoms with Crippen LogP contribution < -0.4 is 4.72 Å². The third-order valence-corrected chi connectivity index (χ3v) is 8.04. The highest BCUT2D eigenvalue weighted by Crippen LogP contribution is 2.63. The van der Waals surface area contributed by atoms with Gasteiger partial charge in [0, 0.05) is 13.2 Å². The molecule has 0 aromatic heterocycles. The van der Waals surface area contributed by atoms with Crippen LogP contribution >= 0.6 is 0 Å². The Morgan fingerprint density at radius 1 is 1.20 bits per heavy atom. The third-order valence-electron chi connectivity index (χ3n) is 6.02. The summed E-state index contributed by atoms with van der Waals surface area (Å²) in [6.45, 7) is 2.07. The van der Waals surface area contributed by atoms with Crippen molar-refractivity contribution in [3.63, 3.8) is 0 Å². The van der Waals surface area contributed by atoms with Crippen LogP contribution in [0.4, 0.5) is 0 Å². The topological polar surface area (TPSA) is 55.4 Å². The van der Waals surface area contributed by atoms with Crippen LogP contribution in [0.5, 0.6) is 0 Å². The summed E-state index contributed by atoms with van der Waals surface area (Å²) in [6.07, 6.45) is 8.70. The van der Waals surface area contributed by atoms with Gasteiger partial charge in [-0.1, -0.05) is 12.8 Å². The molecule has 0 radical (unpaired) electrons. The zero-order chi connectivity index (χ0) is 14.4. The van der Waals surface area contributed by atoms with E-state index in [-0.39, 0.29) is 22.8 Å². The summed E-state index contributed by atoms with van der Waals surface area (Å²) < 4.78 is 33.6. The Hall–Kier alpha value is -0.130. The average molecular weight is 301 g/mol. The van der Waals surface area contributed by atoms with E-state index in [1.54, 1.807) is 7.11 Å². The molecule has 116 valence electrons. The van der Waals surface area contributed by atoms with Crippen molar-refractivity contribution in [2.24, 2.45) is 11.3 Å². The fourth-order valence-electron chi connectivity index (χ4n) is 4.65. The van der Waals surface area contributed by atoms with E-state index >= 15 is 0 Å². The second-order valence-corrected chi connectivity index (χ2v) is 8.94. The Morgan fingerprint density at radius 3 is 2.70 bits per heavy atom. The number of sulfonamides is 1. The van der Waals surface area contributed by atoms with Crippen molar-refractivity contribution in [2.45, 2.75) is 75.7 Å². The van der Waals surface area contributed by atoms with Gasteiger partial charge in [0.15, 0.2) is 0 Å². The number of hydrogen-bond acceptors (Lipinski definition) is 3. The SMILES string of the molecule is COC1CCCC1S(=O)(=O)NC(C)C12CCCCC1C2. The van der Waals surface area contributed by atoms with Crippen LogP contribution in [0.15, 0.2) is 0 Å². The fourth-order valence-corrected chi connectivity index (χ4v) is 6.68. The summed E-state index contributed by atoms with van der Waals surface area (Å²) in [5.74, 6) is 0.760. The molecule has 3 fully saturated rings. The third kappa shape index (κ3) is 2.42. The van der Waals surface area contributed by atoms with Gasteiger partial charge in [0.25, 0.3) is 0 Å². The van der Waals surface area contributed by atoms with Crippen molar-refractivity contribution in [3.05, 3.63) is 0 Å². The molecule has 0 aliphatic heterocycles. The number of methoxy groups -OCH3 is 1. The second kappa shape index (κ2) is 5.25. The van der Waals surface area contributed by atoms with Crippen LogP contribution in [0.3, 0.4) is 0 Å². The highest BCUT2D eigenvalue weighted by atomic mass is 32.2. The van der Waals surface area contributed by atoms with Crippen molar-refractivity contribution in [1.29, 1.82) is 0 Å². The molecule has 0 spiro atoms. The smallest absolute Gasteiger partial charge is 0.217 e. The predicted molar refractivity (Wildman–Crippen MR) is 79.0 cm³/mol. The Kier molecular flexibility index (Phi) is 3.89. The molecule has 5 unspecified atom stereocenters. The number of fused-ring (bicyclic) bond motifs is 1. The molecular weight excluding hydrogens is 274 g/mol. The van der Waals surface area contributed by atoms with Gasteiger partial charge in [-0.25, -0.2) is 13.1 Å². The molecule has 3 rings (SSSR count). The predicted octanol–water partition coefficient (Wildman–Crippen LogP) is 2.44. The number of hydrogen-bond donors (Lipinski definition) is 1. The zero-order valence-electron chi connectivity index (χ0n) is 12.6. The molecule has 0 heterocycles. The van der Waals surface area contributed by atoms with Crippen LogP contribution in [-0.4, -0.2) is 32.9 Å². The van der Waals surface area contributed by atoms with E-state index in [0.717, 1.165) is 25.2 Å². The largest absolute Gasteiger partial charge is 0.380 e. The minimum absolute atomic E-state index is 0.0795. The maximum Gasteiger partial charge on any atom is 0.217 e. The van der Waals surface area contributed by atoms with E-state index in [9.17, 15) is 8.42 Å². The van der Waals surface area contributed by atoms with Crippen LogP contribution in [0.25, 0.3) is 0 Å². The Labute approximate surface area is 122 Å². The molecule has 3 aliphatic rings. The van der Waals surface area contributed by atoms with Crippen LogP contribution in [0.1, 0.15) is 58.3 Å². The van der Waals surface area contributed by atoms with Gasteiger partial charge in [-0.05, 0) is 56.8 Å². The molecular formula is C15H27NO3S.